The number of nitrogens with zero attached hydrogens (tertiary/aromatic N) is 3. The minimum Gasteiger partial charge on any atom is -0.377 e. The fourth-order valence-corrected chi connectivity index (χ4v) is 2.06. The molecule has 2 rings (SSSR count). The maximum atomic E-state index is 8.67. The molecule has 0 amide bonds. The monoisotopic (exact) mass is 267 g/mol. The number of hydrogen-bond donors (Lipinski definition) is 0. The topological polar surface area (TPSA) is 50.8 Å². The van der Waals surface area contributed by atoms with E-state index in [1.807, 2.05) is 24.6 Å². The lowest BCUT2D eigenvalue weighted by molar-refractivity contribution is -0.0312. The van der Waals surface area contributed by atoms with E-state index in [0.29, 0.717) is 6.04 Å². The van der Waals surface area contributed by atoms with Crippen LogP contribution in [0.3, 0.4) is 0 Å². The van der Waals surface area contributed by atoms with Crippen molar-refractivity contribution in [3.05, 3.63) is 11.8 Å². The SMILES string of the molecule is CC.CC(C)(C)c1cc(SC#N)nn1C1COC1. The van der Waals surface area contributed by atoms with Crippen LogP contribution in [0.25, 0.3) is 0 Å². The molecule has 2 heterocycles. The molecule has 1 aromatic rings. The average molecular weight is 267 g/mol. The lowest BCUT2D eigenvalue weighted by atomic mass is 9.92. The summed E-state index contributed by atoms with van der Waals surface area (Å²) < 4.78 is 7.21. The second kappa shape index (κ2) is 6.26. The van der Waals surface area contributed by atoms with Gasteiger partial charge in [-0.3, -0.25) is 4.68 Å². The second-order valence-corrected chi connectivity index (χ2v) is 5.75. The molecule has 0 aliphatic carbocycles. The van der Waals surface area contributed by atoms with E-state index >= 15 is 0 Å². The molecule has 0 aromatic carbocycles. The van der Waals surface area contributed by atoms with Crippen LogP contribution in [0, 0.1) is 10.7 Å². The summed E-state index contributed by atoms with van der Waals surface area (Å²) >= 11 is 1.11. The molecule has 1 fully saturated rings. The summed E-state index contributed by atoms with van der Waals surface area (Å²) in [6.45, 7) is 11.9. The lowest BCUT2D eigenvalue weighted by Crippen LogP contribution is -2.34. The Kier molecular flexibility index (Phi) is 5.24. The van der Waals surface area contributed by atoms with Crippen LogP contribution in [0.15, 0.2) is 11.1 Å². The fraction of sp³-hybridized carbons (Fsp3) is 0.692. The van der Waals surface area contributed by atoms with Crippen LogP contribution < -0.4 is 0 Å². The molecular weight excluding hydrogens is 246 g/mol. The third-order valence-electron chi connectivity index (χ3n) is 2.60. The normalized spacial score (nSPS) is 15.3. The second-order valence-electron chi connectivity index (χ2n) is 4.95. The minimum atomic E-state index is 0.0385. The zero-order valence-corrected chi connectivity index (χ0v) is 12.5. The third kappa shape index (κ3) is 3.27. The summed E-state index contributed by atoms with van der Waals surface area (Å²) in [5.74, 6) is 0. The molecule has 0 N–H and O–H groups in total. The largest absolute Gasteiger partial charge is 0.377 e. The molecule has 100 valence electrons. The first-order valence-corrected chi connectivity index (χ1v) is 7.07. The van der Waals surface area contributed by atoms with Crippen molar-refractivity contribution in [2.45, 2.75) is 51.1 Å². The summed E-state index contributed by atoms with van der Waals surface area (Å²) in [6.07, 6.45) is 0. The van der Waals surface area contributed by atoms with E-state index in [4.69, 9.17) is 10.00 Å². The van der Waals surface area contributed by atoms with Crippen LogP contribution in [0.4, 0.5) is 0 Å². The number of thioether (sulfide) groups is 1. The minimum absolute atomic E-state index is 0.0385. The highest BCUT2D eigenvalue weighted by atomic mass is 32.2. The van der Waals surface area contributed by atoms with Gasteiger partial charge in [-0.2, -0.15) is 10.4 Å². The predicted octanol–water partition coefficient (Wildman–Crippen LogP) is 3.35. The summed E-state index contributed by atoms with van der Waals surface area (Å²) in [6, 6.07) is 2.34. The fourth-order valence-electron chi connectivity index (χ4n) is 1.67. The molecule has 5 heteroatoms. The highest BCUT2D eigenvalue weighted by molar-refractivity contribution is 8.03. The van der Waals surface area contributed by atoms with Gasteiger partial charge in [0.15, 0.2) is 0 Å². The highest BCUT2D eigenvalue weighted by Gasteiger charge is 2.29. The van der Waals surface area contributed by atoms with Gasteiger partial charge in [-0.05, 0) is 6.07 Å². The summed E-state index contributed by atoms with van der Waals surface area (Å²) in [7, 11) is 0. The molecule has 0 unspecified atom stereocenters. The van der Waals surface area contributed by atoms with E-state index in [2.05, 4.69) is 31.3 Å². The third-order valence-corrected chi connectivity index (χ3v) is 3.10. The average Bonchev–Trinajstić information content (AvgIpc) is 2.62. The van der Waals surface area contributed by atoms with Gasteiger partial charge in [-0.15, -0.1) is 0 Å². The zero-order valence-electron chi connectivity index (χ0n) is 11.7. The molecular formula is C13H21N3OS. The Morgan fingerprint density at radius 3 is 2.44 bits per heavy atom. The molecule has 0 radical (unpaired) electrons. The van der Waals surface area contributed by atoms with Crippen molar-refractivity contribution in [2.75, 3.05) is 13.2 Å². The standard InChI is InChI=1S/C11H15N3OS.C2H6/c1-11(2,3)9-4-10(16-7-12)13-14(9)8-5-15-6-8;1-2/h4,8H,5-6H2,1-3H3;1-2H3. The Hall–Kier alpha value is -0.990. The molecule has 0 atom stereocenters. The first-order valence-electron chi connectivity index (χ1n) is 6.26. The number of ether oxygens (including phenoxy) is 1. The maximum absolute atomic E-state index is 8.67. The van der Waals surface area contributed by atoms with E-state index in [-0.39, 0.29) is 5.41 Å². The summed E-state index contributed by atoms with van der Waals surface area (Å²) in [4.78, 5) is 0. The molecule has 1 aromatic heterocycles. The van der Waals surface area contributed by atoms with Crippen LogP contribution in [-0.4, -0.2) is 23.0 Å². The Labute approximate surface area is 113 Å². The molecule has 0 spiro atoms. The summed E-state index contributed by atoms with van der Waals surface area (Å²) in [5, 5.41) is 16.0. The molecule has 4 nitrogen and oxygen atoms in total. The van der Waals surface area contributed by atoms with Crippen LogP contribution in [0.2, 0.25) is 0 Å². The lowest BCUT2D eigenvalue weighted by Gasteiger charge is -2.31. The van der Waals surface area contributed by atoms with Gasteiger partial charge in [0.2, 0.25) is 0 Å². The molecule has 1 aliphatic heterocycles. The van der Waals surface area contributed by atoms with Crippen molar-refractivity contribution in [3.63, 3.8) is 0 Å². The van der Waals surface area contributed by atoms with Gasteiger partial charge in [0.05, 0.1) is 19.3 Å². The van der Waals surface area contributed by atoms with Crippen molar-refractivity contribution in [2.24, 2.45) is 0 Å². The van der Waals surface area contributed by atoms with Gasteiger partial charge in [-0.1, -0.05) is 34.6 Å². The maximum Gasteiger partial charge on any atom is 0.140 e. The van der Waals surface area contributed by atoms with Crippen LogP contribution in [0.1, 0.15) is 46.4 Å². The molecule has 1 aliphatic rings. The highest BCUT2D eigenvalue weighted by Crippen LogP contribution is 2.31. The van der Waals surface area contributed by atoms with Crippen LogP contribution >= 0.6 is 11.8 Å². The van der Waals surface area contributed by atoms with E-state index in [1.165, 1.54) is 5.69 Å². The number of nitriles is 1. The van der Waals surface area contributed by atoms with Gasteiger partial charge < -0.3 is 4.74 Å². The van der Waals surface area contributed by atoms with Crippen molar-refractivity contribution < 1.29 is 4.74 Å². The first kappa shape index (κ1) is 15.1. The van der Waals surface area contributed by atoms with Crippen molar-refractivity contribution in [1.82, 2.24) is 9.78 Å². The Morgan fingerprint density at radius 1 is 1.44 bits per heavy atom. The number of rotatable bonds is 2. The van der Waals surface area contributed by atoms with Crippen molar-refractivity contribution >= 4 is 11.8 Å². The Morgan fingerprint density at radius 2 is 2.06 bits per heavy atom. The molecule has 0 bridgehead atoms. The van der Waals surface area contributed by atoms with Gasteiger partial charge in [0.25, 0.3) is 0 Å². The van der Waals surface area contributed by atoms with Gasteiger partial charge in [0, 0.05) is 22.9 Å². The van der Waals surface area contributed by atoms with Crippen LogP contribution in [-0.2, 0) is 10.2 Å². The Bertz CT molecular complexity index is 424. The van der Waals surface area contributed by atoms with Gasteiger partial charge in [0.1, 0.15) is 10.4 Å². The Balaban J connectivity index is 0.000000771. The van der Waals surface area contributed by atoms with E-state index < -0.39 is 0 Å². The van der Waals surface area contributed by atoms with E-state index in [1.54, 1.807) is 0 Å². The quantitative estimate of drug-likeness (QED) is 0.609. The van der Waals surface area contributed by atoms with Gasteiger partial charge in [-0.25, -0.2) is 0 Å². The number of hydrogen-bond acceptors (Lipinski definition) is 4. The van der Waals surface area contributed by atoms with Crippen LogP contribution in [0.5, 0.6) is 0 Å². The van der Waals surface area contributed by atoms with Crippen molar-refractivity contribution in [3.8, 4) is 5.40 Å². The molecule has 18 heavy (non-hydrogen) atoms. The van der Waals surface area contributed by atoms with Crippen molar-refractivity contribution in [1.29, 1.82) is 5.26 Å². The zero-order chi connectivity index (χ0) is 13.8. The predicted molar refractivity (Wildman–Crippen MR) is 73.6 cm³/mol. The van der Waals surface area contributed by atoms with E-state index in [9.17, 15) is 0 Å². The van der Waals surface area contributed by atoms with Gasteiger partial charge >= 0.3 is 0 Å². The smallest absolute Gasteiger partial charge is 0.140 e. The summed E-state index contributed by atoms with van der Waals surface area (Å²) in [5.41, 5.74) is 1.20. The molecule has 1 saturated heterocycles. The number of thiocyanates is 1. The first-order chi connectivity index (χ1) is 8.52. The molecule has 0 saturated carbocycles. The van der Waals surface area contributed by atoms with E-state index in [0.717, 1.165) is 30.0 Å². The number of aromatic nitrogens is 2.